The number of carbonyl (C=O) groups is 2. The second-order valence-corrected chi connectivity index (χ2v) is 16.2. The number of thioether (sulfide) groups is 2. The average Bonchev–Trinajstić information content (AvgIpc) is 3.79. The molecule has 2 amide bonds. The molecule has 0 radical (unpaired) electrons. The standard InChI is InChI=1S/C22H25F2N3OS.C20H21F2N3OS/c1-15(2)13-20(28)27-22(11-6-12-25,16-7-4-3-5-8-16)29-21(26-27)18-14-17(23)9-10-19(18)24;1-2-18(26)25-20(11-6-12-23,14-7-4-3-5-8-14)27-19(24-25)16-13-15(21)9-10-17(16)22/h3-5,7-10,14-15H,6,11-13,25H2,1-2H3;3-5,7-10,13H,2,6,11-12,23H2,1H3. The van der Waals surface area contributed by atoms with Crippen molar-refractivity contribution in [1.29, 1.82) is 0 Å². The number of carbonyl (C=O) groups excluding carboxylic acids is 2. The third-order valence-electron chi connectivity index (χ3n) is 9.16. The lowest BCUT2D eigenvalue weighted by molar-refractivity contribution is -0.136. The first kappa shape index (κ1) is 42.6. The molecule has 2 aliphatic heterocycles. The Morgan fingerprint density at radius 1 is 0.661 bits per heavy atom. The molecule has 0 bridgehead atoms. The van der Waals surface area contributed by atoms with Gasteiger partial charge in [0, 0.05) is 24.0 Å². The summed E-state index contributed by atoms with van der Waals surface area (Å²) >= 11 is 2.56. The maximum atomic E-state index is 14.5. The predicted molar refractivity (Wildman–Crippen MR) is 217 cm³/mol. The normalized spacial score (nSPS) is 19.1. The molecule has 4 aromatic carbocycles. The molecule has 0 spiro atoms. The number of hydrogen-bond acceptors (Lipinski definition) is 8. The number of nitrogens with two attached hydrogens (primary N) is 2. The number of nitrogens with zero attached hydrogens (tertiary/aromatic N) is 4. The van der Waals surface area contributed by atoms with Crippen LogP contribution in [0.15, 0.2) is 107 Å². The van der Waals surface area contributed by atoms with Crippen LogP contribution in [0, 0.1) is 29.2 Å². The Morgan fingerprint density at radius 3 is 1.45 bits per heavy atom. The second-order valence-electron chi connectivity index (χ2n) is 13.7. The second kappa shape index (κ2) is 19.1. The van der Waals surface area contributed by atoms with E-state index in [1.165, 1.54) is 33.5 Å². The summed E-state index contributed by atoms with van der Waals surface area (Å²) in [5.74, 6) is -2.45. The van der Waals surface area contributed by atoms with Gasteiger partial charge in [-0.05, 0) is 92.2 Å². The highest BCUT2D eigenvalue weighted by Gasteiger charge is 2.49. The molecule has 2 unspecified atom stereocenters. The van der Waals surface area contributed by atoms with Crippen molar-refractivity contribution in [3.8, 4) is 0 Å². The fraction of sp³-hybridized carbons (Fsp3) is 0.333. The van der Waals surface area contributed by atoms with Crippen molar-refractivity contribution in [2.75, 3.05) is 13.1 Å². The molecule has 0 saturated heterocycles. The first-order chi connectivity index (χ1) is 26.9. The summed E-state index contributed by atoms with van der Waals surface area (Å²) in [5, 5.41) is 12.4. The highest BCUT2D eigenvalue weighted by molar-refractivity contribution is 8.15. The first-order valence-corrected chi connectivity index (χ1v) is 20.2. The van der Waals surface area contributed by atoms with Gasteiger partial charge in [-0.2, -0.15) is 10.2 Å². The van der Waals surface area contributed by atoms with E-state index in [0.29, 0.717) is 50.2 Å². The summed E-state index contributed by atoms with van der Waals surface area (Å²) in [5.41, 5.74) is 13.4. The maximum absolute atomic E-state index is 14.5. The van der Waals surface area contributed by atoms with E-state index in [2.05, 4.69) is 10.2 Å². The zero-order valence-electron chi connectivity index (χ0n) is 31.6. The van der Waals surface area contributed by atoms with Gasteiger partial charge in [-0.25, -0.2) is 27.6 Å². The summed E-state index contributed by atoms with van der Waals surface area (Å²) in [4.78, 5) is 24.2. The van der Waals surface area contributed by atoms with Crippen LogP contribution in [0.4, 0.5) is 17.6 Å². The van der Waals surface area contributed by atoms with E-state index in [-0.39, 0.29) is 40.3 Å². The lowest BCUT2D eigenvalue weighted by Crippen LogP contribution is -2.42. The molecule has 4 N–H and O–H groups in total. The molecule has 0 fully saturated rings. The van der Waals surface area contributed by atoms with Gasteiger partial charge in [-0.3, -0.25) is 9.59 Å². The Hall–Kier alpha value is -4.50. The van der Waals surface area contributed by atoms with Crippen LogP contribution in [0.25, 0.3) is 0 Å². The maximum Gasteiger partial charge on any atom is 0.244 e. The third-order valence-corrected chi connectivity index (χ3v) is 12.1. The quantitative estimate of drug-likeness (QED) is 0.130. The molecular formula is C42H46F4N6O2S2. The Labute approximate surface area is 333 Å². The number of halogens is 4. The van der Waals surface area contributed by atoms with Gasteiger partial charge < -0.3 is 11.5 Å². The molecule has 2 aliphatic rings. The van der Waals surface area contributed by atoms with Crippen molar-refractivity contribution in [2.45, 2.75) is 69.0 Å². The minimum atomic E-state index is -0.847. The number of hydrazone groups is 2. The van der Waals surface area contributed by atoms with Crippen LogP contribution in [-0.2, 0) is 19.3 Å². The van der Waals surface area contributed by atoms with Crippen LogP contribution in [0.5, 0.6) is 0 Å². The Kier molecular flexibility index (Phi) is 14.5. The minimum absolute atomic E-state index is 0.0551. The van der Waals surface area contributed by atoms with E-state index in [1.807, 2.05) is 74.5 Å². The largest absolute Gasteiger partial charge is 0.330 e. The zero-order valence-corrected chi connectivity index (χ0v) is 33.2. The summed E-state index contributed by atoms with van der Waals surface area (Å²) in [6, 6.07) is 25.6. The van der Waals surface area contributed by atoms with E-state index in [9.17, 15) is 27.2 Å². The first-order valence-electron chi connectivity index (χ1n) is 18.5. The van der Waals surface area contributed by atoms with Crippen molar-refractivity contribution < 1.29 is 27.2 Å². The fourth-order valence-corrected chi connectivity index (χ4v) is 9.35. The van der Waals surface area contributed by atoms with Crippen LogP contribution in [-0.4, -0.2) is 45.0 Å². The van der Waals surface area contributed by atoms with Crippen LogP contribution in [0.3, 0.4) is 0 Å². The molecule has 6 rings (SSSR count). The van der Waals surface area contributed by atoms with Crippen LogP contribution in [0.2, 0.25) is 0 Å². The molecule has 2 atom stereocenters. The SMILES string of the molecule is CC(C)CC(=O)N1N=C(c2cc(F)ccc2F)SC1(CCCN)c1ccccc1.CCC(=O)N1N=C(c2cc(F)ccc2F)SC1(CCCN)c1ccccc1. The van der Waals surface area contributed by atoms with Gasteiger partial charge in [0.15, 0.2) is 0 Å². The van der Waals surface area contributed by atoms with Crippen molar-refractivity contribution >= 4 is 45.4 Å². The van der Waals surface area contributed by atoms with Crippen molar-refractivity contribution in [3.05, 3.63) is 143 Å². The summed E-state index contributed by atoms with van der Waals surface area (Å²) in [7, 11) is 0. The molecule has 0 saturated carbocycles. The third kappa shape index (κ3) is 9.37. The van der Waals surface area contributed by atoms with Gasteiger partial charge in [0.1, 0.15) is 43.1 Å². The van der Waals surface area contributed by atoms with Crippen molar-refractivity contribution in [2.24, 2.45) is 27.6 Å². The van der Waals surface area contributed by atoms with Gasteiger partial charge in [0.05, 0.1) is 0 Å². The monoisotopic (exact) mass is 806 g/mol. The number of rotatable bonds is 13. The van der Waals surface area contributed by atoms with Gasteiger partial charge in [0.2, 0.25) is 11.8 Å². The fourth-order valence-electron chi connectivity index (χ4n) is 6.48. The lowest BCUT2D eigenvalue weighted by atomic mass is 9.99. The number of hydrogen-bond donors (Lipinski definition) is 2. The van der Waals surface area contributed by atoms with E-state index in [1.54, 1.807) is 6.92 Å². The van der Waals surface area contributed by atoms with Crippen LogP contribution >= 0.6 is 23.5 Å². The van der Waals surface area contributed by atoms with E-state index in [4.69, 9.17) is 11.5 Å². The molecule has 2 heterocycles. The van der Waals surface area contributed by atoms with E-state index in [0.717, 1.165) is 47.5 Å². The summed E-state index contributed by atoms with van der Waals surface area (Å²) < 4.78 is 56.4. The molecule has 14 heteroatoms. The number of benzene rings is 4. The smallest absolute Gasteiger partial charge is 0.244 e. The van der Waals surface area contributed by atoms with Gasteiger partial charge in [-0.1, -0.05) is 105 Å². The molecule has 56 heavy (non-hydrogen) atoms. The number of amides is 2. The van der Waals surface area contributed by atoms with E-state index >= 15 is 0 Å². The summed E-state index contributed by atoms with van der Waals surface area (Å²) in [6.07, 6.45) is 2.96. The Balaban J connectivity index is 0.000000215. The van der Waals surface area contributed by atoms with Crippen molar-refractivity contribution in [1.82, 2.24) is 10.0 Å². The molecule has 0 aliphatic carbocycles. The zero-order chi connectivity index (χ0) is 40.5. The summed E-state index contributed by atoms with van der Waals surface area (Å²) in [6.45, 7) is 6.57. The van der Waals surface area contributed by atoms with Gasteiger partial charge in [-0.15, -0.1) is 0 Å². The minimum Gasteiger partial charge on any atom is -0.330 e. The average molecular weight is 807 g/mol. The van der Waals surface area contributed by atoms with Gasteiger partial charge in [0.25, 0.3) is 0 Å². The Morgan fingerprint density at radius 2 is 1.07 bits per heavy atom. The van der Waals surface area contributed by atoms with Crippen LogP contribution < -0.4 is 11.5 Å². The topological polar surface area (TPSA) is 117 Å². The predicted octanol–water partition coefficient (Wildman–Crippen LogP) is 9.04. The molecule has 4 aromatic rings. The van der Waals surface area contributed by atoms with Gasteiger partial charge >= 0.3 is 0 Å². The Bertz CT molecular complexity index is 2060. The molecular weight excluding hydrogens is 761 g/mol. The molecule has 0 aromatic heterocycles. The van der Waals surface area contributed by atoms with E-state index < -0.39 is 33.0 Å². The van der Waals surface area contributed by atoms with Crippen LogP contribution in [0.1, 0.15) is 81.5 Å². The lowest BCUT2D eigenvalue weighted by Gasteiger charge is -2.36. The van der Waals surface area contributed by atoms with Crippen molar-refractivity contribution in [3.63, 3.8) is 0 Å². The molecule has 296 valence electrons. The highest BCUT2D eigenvalue weighted by Crippen LogP contribution is 2.52. The highest BCUT2D eigenvalue weighted by atomic mass is 32.2. The molecule has 8 nitrogen and oxygen atoms in total.